The van der Waals surface area contributed by atoms with Gasteiger partial charge in [-0.3, -0.25) is 0 Å². The van der Waals surface area contributed by atoms with Crippen molar-refractivity contribution in [3.8, 4) is 0 Å². The Morgan fingerprint density at radius 2 is 2.10 bits per heavy atom. The summed E-state index contributed by atoms with van der Waals surface area (Å²) in [6.45, 7) is 0.417. The molecule has 2 amide bonds. The third kappa shape index (κ3) is 4.07. The molecule has 0 unspecified atom stereocenters. The van der Waals surface area contributed by atoms with E-state index in [-0.39, 0.29) is 11.6 Å². The summed E-state index contributed by atoms with van der Waals surface area (Å²) in [6, 6.07) is 7.63. The van der Waals surface area contributed by atoms with Crippen LogP contribution in [0.5, 0.6) is 0 Å². The van der Waals surface area contributed by atoms with Crippen LogP contribution in [0, 0.1) is 0 Å². The van der Waals surface area contributed by atoms with Gasteiger partial charge in [-0.05, 0) is 40.2 Å². The number of halogens is 1. The molecule has 2 aromatic rings. The molecule has 0 aliphatic heterocycles. The average Bonchev–Trinajstić information content (AvgIpc) is 2.82. The fourth-order valence-corrected chi connectivity index (χ4v) is 2.91. The predicted octanol–water partition coefficient (Wildman–Crippen LogP) is 3.53. The van der Waals surface area contributed by atoms with Crippen LogP contribution in [-0.2, 0) is 6.54 Å². The summed E-state index contributed by atoms with van der Waals surface area (Å²) in [4.78, 5) is 23.5. The summed E-state index contributed by atoms with van der Waals surface area (Å²) < 4.78 is 0.980. The summed E-state index contributed by atoms with van der Waals surface area (Å²) in [5.41, 5.74) is 0.569. The Bertz CT molecular complexity index is 642. The number of carbonyl (C=O) groups is 2. The van der Waals surface area contributed by atoms with Crippen molar-refractivity contribution in [2.75, 3.05) is 5.32 Å². The molecule has 0 bridgehead atoms. The minimum absolute atomic E-state index is 0.130. The van der Waals surface area contributed by atoms with Gasteiger partial charge in [-0.25, -0.2) is 9.59 Å². The zero-order valence-corrected chi connectivity index (χ0v) is 12.6. The van der Waals surface area contributed by atoms with Crippen LogP contribution < -0.4 is 10.6 Å². The first kappa shape index (κ1) is 14.5. The molecule has 1 aromatic carbocycles. The molecule has 7 heteroatoms. The van der Waals surface area contributed by atoms with E-state index in [0.717, 1.165) is 9.35 Å². The van der Waals surface area contributed by atoms with Gasteiger partial charge >= 0.3 is 12.0 Å². The van der Waals surface area contributed by atoms with E-state index in [2.05, 4.69) is 26.6 Å². The number of carboxylic acids is 1. The summed E-state index contributed by atoms with van der Waals surface area (Å²) in [7, 11) is 0. The van der Waals surface area contributed by atoms with E-state index >= 15 is 0 Å². The quantitative estimate of drug-likeness (QED) is 0.785. The smallest absolute Gasteiger partial charge is 0.335 e. The van der Waals surface area contributed by atoms with Crippen LogP contribution in [0.1, 0.15) is 15.2 Å². The van der Waals surface area contributed by atoms with Crippen LogP contribution in [-0.4, -0.2) is 17.1 Å². The van der Waals surface area contributed by atoms with Crippen molar-refractivity contribution in [2.24, 2.45) is 0 Å². The largest absolute Gasteiger partial charge is 0.478 e. The molecule has 104 valence electrons. The summed E-state index contributed by atoms with van der Waals surface area (Å²) in [6.07, 6.45) is 0. The van der Waals surface area contributed by atoms with E-state index in [4.69, 9.17) is 5.11 Å². The van der Waals surface area contributed by atoms with Crippen molar-refractivity contribution in [2.45, 2.75) is 6.54 Å². The van der Waals surface area contributed by atoms with Gasteiger partial charge in [0.2, 0.25) is 0 Å². The van der Waals surface area contributed by atoms with Crippen molar-refractivity contribution in [1.29, 1.82) is 0 Å². The highest BCUT2D eigenvalue weighted by Crippen LogP contribution is 2.19. The molecule has 0 atom stereocenters. The molecular formula is C13H11BrN2O3S. The number of nitrogens with one attached hydrogen (secondary N) is 2. The average molecular weight is 355 g/mol. The Morgan fingerprint density at radius 3 is 2.75 bits per heavy atom. The summed E-state index contributed by atoms with van der Waals surface area (Å²) in [5, 5.41) is 16.1. The maximum absolute atomic E-state index is 11.7. The molecule has 0 saturated heterocycles. The van der Waals surface area contributed by atoms with Gasteiger partial charge in [0.05, 0.1) is 12.1 Å². The first-order valence-electron chi connectivity index (χ1n) is 5.66. The fourth-order valence-electron chi connectivity index (χ4n) is 1.52. The van der Waals surface area contributed by atoms with Crippen molar-refractivity contribution in [3.63, 3.8) is 0 Å². The van der Waals surface area contributed by atoms with Crippen molar-refractivity contribution in [3.05, 3.63) is 50.6 Å². The van der Waals surface area contributed by atoms with Gasteiger partial charge in [-0.2, -0.15) is 0 Å². The maximum atomic E-state index is 11.7. The van der Waals surface area contributed by atoms with Crippen LogP contribution in [0.3, 0.4) is 0 Å². The number of amides is 2. The highest BCUT2D eigenvalue weighted by molar-refractivity contribution is 9.10. The van der Waals surface area contributed by atoms with Crippen LogP contribution in [0.25, 0.3) is 0 Å². The molecule has 0 aliphatic rings. The Labute approximate surface area is 127 Å². The molecular weight excluding hydrogens is 344 g/mol. The minimum atomic E-state index is -1.03. The number of hydrogen-bond acceptors (Lipinski definition) is 3. The van der Waals surface area contributed by atoms with Crippen LogP contribution in [0.15, 0.2) is 40.2 Å². The van der Waals surface area contributed by atoms with Crippen LogP contribution >= 0.6 is 27.3 Å². The van der Waals surface area contributed by atoms with Gasteiger partial charge in [0.1, 0.15) is 0 Å². The van der Waals surface area contributed by atoms with E-state index in [1.807, 2.05) is 11.4 Å². The lowest BCUT2D eigenvalue weighted by molar-refractivity contribution is 0.0697. The Hall–Kier alpha value is -1.86. The molecule has 0 saturated carbocycles. The molecule has 1 aromatic heterocycles. The molecule has 5 nitrogen and oxygen atoms in total. The van der Waals surface area contributed by atoms with Gasteiger partial charge in [0.15, 0.2) is 0 Å². The molecule has 0 radical (unpaired) electrons. The number of hydrogen-bond donors (Lipinski definition) is 3. The predicted molar refractivity (Wildman–Crippen MR) is 81.3 cm³/mol. The molecule has 20 heavy (non-hydrogen) atoms. The summed E-state index contributed by atoms with van der Waals surface area (Å²) in [5.74, 6) is -1.03. The van der Waals surface area contributed by atoms with E-state index in [0.29, 0.717) is 12.2 Å². The molecule has 1 heterocycles. The van der Waals surface area contributed by atoms with Crippen LogP contribution in [0.4, 0.5) is 10.5 Å². The molecule has 0 aliphatic carbocycles. The number of anilines is 1. The van der Waals surface area contributed by atoms with Crippen LogP contribution in [0.2, 0.25) is 0 Å². The lowest BCUT2D eigenvalue weighted by Gasteiger charge is -2.07. The first-order chi connectivity index (χ1) is 9.54. The zero-order valence-electron chi connectivity index (χ0n) is 10.2. The maximum Gasteiger partial charge on any atom is 0.335 e. The SMILES string of the molecule is O=C(NCc1cc(Br)cs1)Nc1cccc(C(=O)O)c1. The van der Waals surface area contributed by atoms with Gasteiger partial charge < -0.3 is 15.7 Å². The number of rotatable bonds is 4. The zero-order chi connectivity index (χ0) is 14.5. The third-order valence-electron chi connectivity index (χ3n) is 2.41. The highest BCUT2D eigenvalue weighted by atomic mass is 79.9. The topological polar surface area (TPSA) is 78.4 Å². The van der Waals surface area contributed by atoms with Crippen molar-refractivity contribution >= 4 is 45.0 Å². The second-order valence-electron chi connectivity index (χ2n) is 3.92. The van der Waals surface area contributed by atoms with E-state index in [1.54, 1.807) is 12.1 Å². The molecule has 3 N–H and O–H groups in total. The monoisotopic (exact) mass is 354 g/mol. The summed E-state index contributed by atoms with van der Waals surface area (Å²) >= 11 is 4.88. The number of carboxylic acid groups (broad SMARTS) is 1. The molecule has 0 spiro atoms. The van der Waals surface area contributed by atoms with Gasteiger partial charge in [-0.15, -0.1) is 11.3 Å². The van der Waals surface area contributed by atoms with E-state index in [9.17, 15) is 9.59 Å². The number of thiophene rings is 1. The van der Waals surface area contributed by atoms with E-state index in [1.165, 1.54) is 23.5 Å². The third-order valence-corrected chi connectivity index (χ3v) is 4.11. The number of aromatic carboxylic acids is 1. The number of benzene rings is 1. The minimum Gasteiger partial charge on any atom is -0.478 e. The van der Waals surface area contributed by atoms with E-state index < -0.39 is 5.97 Å². The first-order valence-corrected chi connectivity index (χ1v) is 7.33. The van der Waals surface area contributed by atoms with Crippen molar-refractivity contribution < 1.29 is 14.7 Å². The Kier molecular flexibility index (Phi) is 4.75. The Balaban J connectivity index is 1.91. The van der Waals surface area contributed by atoms with Gasteiger partial charge in [0, 0.05) is 20.4 Å². The Morgan fingerprint density at radius 1 is 1.30 bits per heavy atom. The van der Waals surface area contributed by atoms with Crippen molar-refractivity contribution in [1.82, 2.24) is 5.32 Å². The highest BCUT2D eigenvalue weighted by Gasteiger charge is 2.06. The van der Waals surface area contributed by atoms with Gasteiger partial charge in [-0.1, -0.05) is 6.07 Å². The molecule has 0 fully saturated rings. The lowest BCUT2D eigenvalue weighted by atomic mass is 10.2. The number of urea groups is 1. The molecule has 2 rings (SSSR count). The lowest BCUT2D eigenvalue weighted by Crippen LogP contribution is -2.27. The van der Waals surface area contributed by atoms with Gasteiger partial charge in [0.25, 0.3) is 0 Å². The second-order valence-corrected chi connectivity index (χ2v) is 5.84. The number of carbonyl (C=O) groups excluding carboxylic acids is 1. The normalized spacial score (nSPS) is 10.1. The second kappa shape index (κ2) is 6.53. The fraction of sp³-hybridized carbons (Fsp3) is 0.0769. The standard InChI is InChI=1S/C13H11BrN2O3S/c14-9-5-11(20-7-9)6-15-13(19)16-10-3-1-2-8(4-10)12(17)18/h1-5,7H,6H2,(H,17,18)(H2,15,16,19).